The number of hydrogen-bond donors (Lipinski definition) is 1. The van der Waals surface area contributed by atoms with Crippen LogP contribution in [0.25, 0.3) is 0 Å². The zero-order chi connectivity index (χ0) is 13.1. The Kier molecular flexibility index (Phi) is 4.84. The fourth-order valence-corrected chi connectivity index (χ4v) is 3.58. The highest BCUT2D eigenvalue weighted by atomic mass is 79.9. The average molecular weight is 349 g/mol. The van der Waals surface area contributed by atoms with Gasteiger partial charge in [0, 0.05) is 25.0 Å². The van der Waals surface area contributed by atoms with Gasteiger partial charge in [-0.1, -0.05) is 18.5 Å². The Bertz CT molecular complexity index is 535. The van der Waals surface area contributed by atoms with E-state index in [9.17, 15) is 0 Å². The van der Waals surface area contributed by atoms with E-state index in [-0.39, 0.29) is 0 Å². The third kappa shape index (κ3) is 3.15. The molecular weight excluding hydrogens is 334 g/mol. The Labute approximate surface area is 124 Å². The third-order valence-electron chi connectivity index (χ3n) is 2.72. The summed E-state index contributed by atoms with van der Waals surface area (Å²) in [7, 11) is 1.93. The molecule has 2 aromatic heterocycles. The SMILES string of the molecule is CCc1nn(C)c(CNCc2ccc(Br)s2)c1Cl. The van der Waals surface area contributed by atoms with Gasteiger partial charge >= 0.3 is 0 Å². The number of aryl methyl sites for hydroxylation is 2. The molecule has 0 aliphatic rings. The van der Waals surface area contributed by atoms with Crippen molar-refractivity contribution in [3.63, 3.8) is 0 Å². The van der Waals surface area contributed by atoms with Crippen molar-refractivity contribution < 1.29 is 0 Å². The van der Waals surface area contributed by atoms with E-state index in [1.54, 1.807) is 11.3 Å². The first-order valence-corrected chi connectivity index (χ1v) is 7.75. The highest BCUT2D eigenvalue weighted by Crippen LogP contribution is 2.23. The van der Waals surface area contributed by atoms with Crippen LogP contribution in [0.1, 0.15) is 23.2 Å². The van der Waals surface area contributed by atoms with E-state index >= 15 is 0 Å². The quantitative estimate of drug-likeness (QED) is 0.892. The van der Waals surface area contributed by atoms with Gasteiger partial charge in [-0.2, -0.15) is 5.10 Å². The number of nitrogens with one attached hydrogen (secondary N) is 1. The molecule has 0 unspecified atom stereocenters. The summed E-state index contributed by atoms with van der Waals surface area (Å²) in [6.45, 7) is 3.64. The monoisotopic (exact) mass is 347 g/mol. The van der Waals surface area contributed by atoms with Crippen LogP contribution < -0.4 is 5.32 Å². The third-order valence-corrected chi connectivity index (χ3v) is 4.78. The second kappa shape index (κ2) is 6.19. The highest BCUT2D eigenvalue weighted by molar-refractivity contribution is 9.11. The van der Waals surface area contributed by atoms with Crippen LogP contribution in [-0.4, -0.2) is 9.78 Å². The number of thiophene rings is 1. The van der Waals surface area contributed by atoms with Crippen LogP contribution in [0.3, 0.4) is 0 Å². The van der Waals surface area contributed by atoms with Gasteiger partial charge in [0.15, 0.2) is 0 Å². The predicted molar refractivity (Wildman–Crippen MR) is 80.2 cm³/mol. The maximum absolute atomic E-state index is 6.29. The van der Waals surface area contributed by atoms with Crippen molar-refractivity contribution >= 4 is 38.9 Å². The van der Waals surface area contributed by atoms with Crippen molar-refractivity contribution in [1.82, 2.24) is 15.1 Å². The summed E-state index contributed by atoms with van der Waals surface area (Å²) in [4.78, 5) is 1.30. The molecule has 2 rings (SSSR count). The van der Waals surface area contributed by atoms with Crippen LogP contribution in [0.2, 0.25) is 5.02 Å². The molecule has 0 amide bonds. The minimum absolute atomic E-state index is 0.734. The number of nitrogens with zero attached hydrogens (tertiary/aromatic N) is 2. The molecule has 0 radical (unpaired) electrons. The van der Waals surface area contributed by atoms with Crippen LogP contribution in [0.15, 0.2) is 15.9 Å². The lowest BCUT2D eigenvalue weighted by molar-refractivity contribution is 0.627. The van der Waals surface area contributed by atoms with E-state index in [0.29, 0.717) is 0 Å². The van der Waals surface area contributed by atoms with Gasteiger partial charge in [-0.15, -0.1) is 11.3 Å². The maximum atomic E-state index is 6.29. The zero-order valence-electron chi connectivity index (χ0n) is 10.3. The molecule has 0 aliphatic carbocycles. The van der Waals surface area contributed by atoms with Gasteiger partial charge in [0.25, 0.3) is 0 Å². The molecule has 0 aliphatic heterocycles. The molecule has 98 valence electrons. The summed E-state index contributed by atoms with van der Waals surface area (Å²) in [5.74, 6) is 0. The van der Waals surface area contributed by atoms with E-state index in [0.717, 1.165) is 39.7 Å². The summed E-state index contributed by atoms with van der Waals surface area (Å²) < 4.78 is 3.02. The summed E-state index contributed by atoms with van der Waals surface area (Å²) in [6, 6.07) is 4.18. The van der Waals surface area contributed by atoms with Crippen molar-refractivity contribution in [2.75, 3.05) is 0 Å². The Morgan fingerprint density at radius 3 is 2.78 bits per heavy atom. The first kappa shape index (κ1) is 14.1. The lowest BCUT2D eigenvalue weighted by Gasteiger charge is -2.04. The van der Waals surface area contributed by atoms with Crippen molar-refractivity contribution in [2.45, 2.75) is 26.4 Å². The van der Waals surface area contributed by atoms with Gasteiger partial charge in [-0.05, 0) is 34.5 Å². The van der Waals surface area contributed by atoms with E-state index in [2.05, 4.69) is 45.4 Å². The molecule has 0 fully saturated rings. The fraction of sp³-hybridized carbons (Fsp3) is 0.417. The summed E-state index contributed by atoms with van der Waals surface area (Å²) >= 11 is 11.5. The lowest BCUT2D eigenvalue weighted by atomic mass is 10.3. The average Bonchev–Trinajstić information content (AvgIpc) is 2.86. The van der Waals surface area contributed by atoms with Gasteiger partial charge in [-0.25, -0.2) is 0 Å². The largest absolute Gasteiger partial charge is 0.306 e. The number of hydrogen-bond acceptors (Lipinski definition) is 3. The molecule has 2 aromatic rings. The molecule has 0 aromatic carbocycles. The second-order valence-corrected chi connectivity index (χ2v) is 6.92. The molecule has 0 saturated carbocycles. The first-order valence-electron chi connectivity index (χ1n) is 5.77. The zero-order valence-corrected chi connectivity index (χ0v) is 13.5. The lowest BCUT2D eigenvalue weighted by Crippen LogP contribution is -2.14. The molecule has 0 bridgehead atoms. The van der Waals surface area contributed by atoms with Crippen molar-refractivity contribution in [3.05, 3.63) is 37.2 Å². The Morgan fingerprint density at radius 2 is 2.22 bits per heavy atom. The normalized spacial score (nSPS) is 11.1. The molecule has 6 heteroatoms. The first-order chi connectivity index (χ1) is 8.61. The molecule has 0 spiro atoms. The molecule has 0 atom stereocenters. The Hall–Kier alpha value is -0.360. The maximum Gasteiger partial charge on any atom is 0.0863 e. The van der Waals surface area contributed by atoms with Gasteiger partial charge in [0.1, 0.15) is 0 Å². The van der Waals surface area contributed by atoms with Gasteiger partial charge in [-0.3, -0.25) is 4.68 Å². The number of aromatic nitrogens is 2. The molecule has 3 nitrogen and oxygen atoms in total. The Balaban J connectivity index is 1.96. The summed E-state index contributed by atoms with van der Waals surface area (Å²) in [5, 5.41) is 8.58. The molecule has 2 heterocycles. The molecule has 1 N–H and O–H groups in total. The van der Waals surface area contributed by atoms with E-state index in [4.69, 9.17) is 11.6 Å². The van der Waals surface area contributed by atoms with Crippen LogP contribution in [-0.2, 0) is 26.6 Å². The Morgan fingerprint density at radius 1 is 1.44 bits per heavy atom. The molecule has 18 heavy (non-hydrogen) atoms. The van der Waals surface area contributed by atoms with Crippen LogP contribution >= 0.6 is 38.9 Å². The topological polar surface area (TPSA) is 29.9 Å². The van der Waals surface area contributed by atoms with Gasteiger partial charge < -0.3 is 5.32 Å². The molecular formula is C12H15BrClN3S. The van der Waals surface area contributed by atoms with E-state index < -0.39 is 0 Å². The smallest absolute Gasteiger partial charge is 0.0863 e. The fourth-order valence-electron chi connectivity index (χ4n) is 1.76. The van der Waals surface area contributed by atoms with Gasteiger partial charge in [0.2, 0.25) is 0 Å². The van der Waals surface area contributed by atoms with E-state index in [1.165, 1.54) is 4.88 Å². The number of halogens is 2. The summed E-state index contributed by atoms with van der Waals surface area (Å²) in [6.07, 6.45) is 0.866. The molecule has 0 saturated heterocycles. The summed E-state index contributed by atoms with van der Waals surface area (Å²) in [5.41, 5.74) is 2.01. The van der Waals surface area contributed by atoms with Crippen LogP contribution in [0, 0.1) is 0 Å². The predicted octanol–water partition coefficient (Wildman–Crippen LogP) is 3.75. The highest BCUT2D eigenvalue weighted by Gasteiger charge is 2.12. The van der Waals surface area contributed by atoms with Gasteiger partial charge in [0.05, 0.1) is 20.2 Å². The number of rotatable bonds is 5. The minimum Gasteiger partial charge on any atom is -0.306 e. The van der Waals surface area contributed by atoms with Crippen LogP contribution in [0.5, 0.6) is 0 Å². The van der Waals surface area contributed by atoms with Crippen molar-refractivity contribution in [2.24, 2.45) is 7.05 Å². The second-order valence-electron chi connectivity index (χ2n) is 3.99. The van der Waals surface area contributed by atoms with Crippen LogP contribution in [0.4, 0.5) is 0 Å². The minimum atomic E-state index is 0.734. The van der Waals surface area contributed by atoms with Crippen molar-refractivity contribution in [3.8, 4) is 0 Å². The standard InChI is InChI=1S/C12H15BrClN3S/c1-3-9-12(14)10(17(2)16-9)7-15-6-8-4-5-11(13)18-8/h4-5,15H,3,6-7H2,1-2H3. The van der Waals surface area contributed by atoms with E-state index in [1.807, 2.05) is 11.7 Å². The van der Waals surface area contributed by atoms with Crippen molar-refractivity contribution in [1.29, 1.82) is 0 Å².